The van der Waals surface area contributed by atoms with E-state index < -0.39 is 17.8 Å². The van der Waals surface area contributed by atoms with Crippen molar-refractivity contribution in [2.45, 2.75) is 38.2 Å². The number of aliphatic imine (C=N–C) groups is 1. The fourth-order valence-electron chi connectivity index (χ4n) is 5.61. The molecule has 0 N–H and O–H groups in total. The third-order valence-corrected chi connectivity index (χ3v) is 7.39. The first-order valence-corrected chi connectivity index (χ1v) is 12.5. The van der Waals surface area contributed by atoms with Crippen LogP contribution in [0.5, 0.6) is 11.5 Å². The zero-order chi connectivity index (χ0) is 25.4. The molecule has 3 aliphatic rings. The van der Waals surface area contributed by atoms with Gasteiger partial charge in [-0.3, -0.25) is 14.6 Å². The lowest BCUT2D eigenvalue weighted by Crippen LogP contribution is -2.38. The summed E-state index contributed by atoms with van der Waals surface area (Å²) in [6.45, 7) is 2.17. The third kappa shape index (κ3) is 4.44. The molecule has 6 rings (SSSR count). The third-order valence-electron chi connectivity index (χ3n) is 7.39. The number of carbonyl (C=O) groups excluding carboxylic acids is 2. The quantitative estimate of drug-likeness (QED) is 0.424. The van der Waals surface area contributed by atoms with E-state index in [1.54, 1.807) is 0 Å². The number of allylic oxidation sites excluding steroid dienone is 2. The molecule has 0 saturated heterocycles. The first kappa shape index (κ1) is 23.2. The molecule has 2 heterocycles. The van der Waals surface area contributed by atoms with Gasteiger partial charge in [0.05, 0.1) is 0 Å². The number of ketones is 1. The van der Waals surface area contributed by atoms with Crippen LogP contribution in [0.25, 0.3) is 0 Å². The Kier molecular flexibility index (Phi) is 6.08. The molecule has 0 bridgehead atoms. The zero-order valence-electron chi connectivity index (χ0n) is 20.6. The monoisotopic (exact) mass is 493 g/mol. The van der Waals surface area contributed by atoms with Crippen molar-refractivity contribution in [3.63, 3.8) is 0 Å². The SMILES string of the molecule is CC1=NC2=C(C(=O)C[C@H](c3ccccc3)C2)[C@H](c2ccc3c(c2)OCO3)C1C(=O)OCc1ccccc1. The van der Waals surface area contributed by atoms with Crippen molar-refractivity contribution >= 4 is 17.5 Å². The number of carbonyl (C=O) groups is 2. The van der Waals surface area contributed by atoms with Gasteiger partial charge in [-0.05, 0) is 48.1 Å². The minimum atomic E-state index is -0.708. The molecule has 0 amide bonds. The van der Waals surface area contributed by atoms with Crippen LogP contribution in [-0.2, 0) is 20.9 Å². The van der Waals surface area contributed by atoms with Crippen molar-refractivity contribution in [2.75, 3.05) is 6.79 Å². The number of hydrogen-bond acceptors (Lipinski definition) is 6. The number of benzene rings is 3. The molecule has 0 aromatic heterocycles. The smallest absolute Gasteiger partial charge is 0.315 e. The van der Waals surface area contributed by atoms with Gasteiger partial charge >= 0.3 is 5.97 Å². The second-order valence-electron chi connectivity index (χ2n) is 9.71. The van der Waals surface area contributed by atoms with Crippen molar-refractivity contribution in [1.29, 1.82) is 0 Å². The second-order valence-corrected chi connectivity index (χ2v) is 9.71. The molecule has 0 saturated carbocycles. The van der Waals surface area contributed by atoms with Gasteiger partial charge in [0.15, 0.2) is 17.3 Å². The lowest BCUT2D eigenvalue weighted by Gasteiger charge is -2.36. The largest absolute Gasteiger partial charge is 0.460 e. The molecule has 1 unspecified atom stereocenters. The normalized spacial score (nSPS) is 22.4. The maximum Gasteiger partial charge on any atom is 0.315 e. The van der Waals surface area contributed by atoms with Crippen LogP contribution in [0.2, 0.25) is 0 Å². The molecule has 186 valence electrons. The van der Waals surface area contributed by atoms with E-state index in [-0.39, 0.29) is 25.1 Å². The average molecular weight is 494 g/mol. The summed E-state index contributed by atoms with van der Waals surface area (Å²) < 4.78 is 16.9. The van der Waals surface area contributed by atoms with Gasteiger partial charge in [-0.15, -0.1) is 0 Å². The van der Waals surface area contributed by atoms with Crippen molar-refractivity contribution in [2.24, 2.45) is 10.9 Å². The fraction of sp³-hybridized carbons (Fsp3) is 0.258. The Morgan fingerprint density at radius 1 is 0.919 bits per heavy atom. The van der Waals surface area contributed by atoms with Gasteiger partial charge < -0.3 is 14.2 Å². The molecule has 6 nitrogen and oxygen atoms in total. The molecule has 0 spiro atoms. The van der Waals surface area contributed by atoms with Crippen molar-refractivity contribution in [3.05, 3.63) is 107 Å². The van der Waals surface area contributed by atoms with E-state index in [0.29, 0.717) is 35.6 Å². The highest BCUT2D eigenvalue weighted by Crippen LogP contribution is 2.48. The number of nitrogens with zero attached hydrogens (tertiary/aromatic N) is 1. The molecule has 0 fully saturated rings. The minimum absolute atomic E-state index is 0.0230. The fourth-order valence-corrected chi connectivity index (χ4v) is 5.61. The number of esters is 1. The standard InChI is InChI=1S/C31H27NO5/c1-19-28(31(34)35-17-20-8-4-2-5-9-20)29(22-12-13-26-27(16-22)37-18-36-26)30-24(32-19)14-23(15-25(30)33)21-10-6-3-7-11-21/h2-13,16,23,28-29H,14-15,17-18H2,1H3/t23-,28?,29-/m1/s1. The van der Waals surface area contributed by atoms with Crippen LogP contribution in [-0.4, -0.2) is 24.3 Å². The van der Waals surface area contributed by atoms with E-state index in [4.69, 9.17) is 19.2 Å². The summed E-state index contributed by atoms with van der Waals surface area (Å²) >= 11 is 0. The van der Waals surface area contributed by atoms with Crippen molar-refractivity contribution in [3.8, 4) is 11.5 Å². The van der Waals surface area contributed by atoms with E-state index in [0.717, 1.165) is 22.4 Å². The summed E-state index contributed by atoms with van der Waals surface area (Å²) in [4.78, 5) is 32.2. The Morgan fingerprint density at radius 2 is 1.65 bits per heavy atom. The minimum Gasteiger partial charge on any atom is -0.460 e. The topological polar surface area (TPSA) is 74.2 Å². The molecule has 1 aliphatic carbocycles. The highest BCUT2D eigenvalue weighted by molar-refractivity contribution is 6.09. The first-order chi connectivity index (χ1) is 18.1. The van der Waals surface area contributed by atoms with Crippen LogP contribution < -0.4 is 9.47 Å². The summed E-state index contributed by atoms with van der Waals surface area (Å²) in [6, 6.07) is 25.3. The van der Waals surface area contributed by atoms with Gasteiger partial charge in [-0.25, -0.2) is 0 Å². The van der Waals surface area contributed by atoms with Gasteiger partial charge in [0.25, 0.3) is 0 Å². The summed E-state index contributed by atoms with van der Waals surface area (Å²) in [5, 5.41) is 0. The van der Waals surface area contributed by atoms with E-state index in [1.165, 1.54) is 0 Å². The lowest BCUT2D eigenvalue weighted by molar-refractivity contribution is -0.148. The summed E-state index contributed by atoms with van der Waals surface area (Å²) in [7, 11) is 0. The molecule has 3 aromatic carbocycles. The Labute approximate surface area is 215 Å². The predicted octanol–water partition coefficient (Wildman–Crippen LogP) is 5.73. The van der Waals surface area contributed by atoms with Crippen molar-refractivity contribution in [1.82, 2.24) is 0 Å². The van der Waals surface area contributed by atoms with Crippen LogP contribution in [0.3, 0.4) is 0 Å². The number of ether oxygens (including phenoxy) is 3. The van der Waals surface area contributed by atoms with Crippen LogP contribution in [0.1, 0.15) is 48.3 Å². The van der Waals surface area contributed by atoms with Gasteiger partial charge in [0.1, 0.15) is 12.5 Å². The number of fused-ring (bicyclic) bond motifs is 1. The van der Waals surface area contributed by atoms with Crippen molar-refractivity contribution < 1.29 is 23.8 Å². The molecular weight excluding hydrogens is 466 g/mol. The van der Waals surface area contributed by atoms with Crippen LogP contribution in [0, 0.1) is 5.92 Å². The Bertz CT molecular complexity index is 1410. The Balaban J connectivity index is 1.38. The van der Waals surface area contributed by atoms with E-state index >= 15 is 0 Å². The zero-order valence-corrected chi connectivity index (χ0v) is 20.6. The van der Waals surface area contributed by atoms with E-state index in [1.807, 2.05) is 73.7 Å². The van der Waals surface area contributed by atoms with Crippen LogP contribution in [0.4, 0.5) is 0 Å². The summed E-state index contributed by atoms with van der Waals surface area (Å²) in [6.07, 6.45) is 1.03. The van der Waals surface area contributed by atoms with Gasteiger partial charge in [-0.1, -0.05) is 66.7 Å². The molecule has 37 heavy (non-hydrogen) atoms. The maximum absolute atomic E-state index is 13.7. The molecule has 6 heteroatoms. The van der Waals surface area contributed by atoms with E-state index in [9.17, 15) is 9.59 Å². The predicted molar refractivity (Wildman–Crippen MR) is 139 cm³/mol. The highest BCUT2D eigenvalue weighted by Gasteiger charge is 2.45. The second kappa shape index (κ2) is 9.69. The molecular formula is C31H27NO5. The Morgan fingerprint density at radius 3 is 2.43 bits per heavy atom. The summed E-state index contributed by atoms with van der Waals surface area (Å²) in [5.74, 6) is -0.257. The summed E-state index contributed by atoms with van der Waals surface area (Å²) in [5.41, 5.74) is 4.87. The van der Waals surface area contributed by atoms with Crippen LogP contribution in [0.15, 0.2) is 95.1 Å². The highest BCUT2D eigenvalue weighted by atomic mass is 16.7. The van der Waals surface area contributed by atoms with Gasteiger partial charge in [-0.2, -0.15) is 0 Å². The Hall–Kier alpha value is -4.19. The molecule has 0 radical (unpaired) electrons. The first-order valence-electron chi connectivity index (χ1n) is 12.5. The van der Waals surface area contributed by atoms with Gasteiger partial charge in [0, 0.05) is 29.3 Å². The molecule has 2 aliphatic heterocycles. The van der Waals surface area contributed by atoms with E-state index in [2.05, 4.69) is 12.1 Å². The molecule has 3 atom stereocenters. The number of hydrogen-bond donors (Lipinski definition) is 0. The van der Waals surface area contributed by atoms with Gasteiger partial charge in [0.2, 0.25) is 6.79 Å². The number of Topliss-reactive ketones (excluding diaryl/α,β-unsaturated/α-hetero) is 1. The lowest BCUT2D eigenvalue weighted by atomic mass is 9.69. The number of rotatable bonds is 5. The maximum atomic E-state index is 13.7. The molecule has 3 aromatic rings. The van der Waals surface area contributed by atoms with Crippen LogP contribution >= 0.6 is 0 Å². The average Bonchev–Trinajstić information content (AvgIpc) is 3.40.